The van der Waals surface area contributed by atoms with Crippen LogP contribution in [0.5, 0.6) is 0 Å². The predicted molar refractivity (Wildman–Crippen MR) is 89.8 cm³/mol. The van der Waals surface area contributed by atoms with Crippen molar-refractivity contribution in [2.45, 2.75) is 19.8 Å². The third-order valence-electron chi connectivity index (χ3n) is 6.45. The van der Waals surface area contributed by atoms with Crippen molar-refractivity contribution in [2.24, 2.45) is 29.1 Å². The monoisotopic (exact) mass is 361 g/mol. The molecule has 5 unspecified atom stereocenters. The summed E-state index contributed by atoms with van der Waals surface area (Å²) >= 11 is 0. The molecule has 8 heteroatoms. The van der Waals surface area contributed by atoms with Gasteiger partial charge in [-0.25, -0.2) is 4.79 Å². The van der Waals surface area contributed by atoms with Crippen LogP contribution in [0.15, 0.2) is 12.2 Å². The molecule has 2 aliphatic heterocycles. The highest BCUT2D eigenvalue weighted by atomic mass is 16.4. The van der Waals surface area contributed by atoms with Crippen molar-refractivity contribution in [1.29, 1.82) is 0 Å². The van der Waals surface area contributed by atoms with Gasteiger partial charge in [-0.2, -0.15) is 0 Å². The topological polar surface area (TPSA) is 107 Å². The van der Waals surface area contributed by atoms with E-state index in [2.05, 4.69) is 17.5 Å². The third-order valence-corrected chi connectivity index (χ3v) is 6.45. The Hall–Kier alpha value is -2.38. The number of likely N-dealkylation sites (tertiary alicyclic amines) is 2. The molecule has 4 rings (SSSR count). The number of nitrogens with zero attached hydrogens (tertiary/aromatic N) is 2. The zero-order chi connectivity index (χ0) is 18.6. The molecular formula is C18H23N3O5. The normalized spacial score (nSPS) is 37.6. The molecule has 26 heavy (non-hydrogen) atoms. The Morgan fingerprint density at radius 3 is 2.38 bits per heavy atom. The van der Waals surface area contributed by atoms with E-state index in [0.29, 0.717) is 13.0 Å². The van der Waals surface area contributed by atoms with E-state index in [0.717, 1.165) is 6.42 Å². The summed E-state index contributed by atoms with van der Waals surface area (Å²) in [6.07, 6.45) is 5.41. The van der Waals surface area contributed by atoms with Gasteiger partial charge in [0.2, 0.25) is 11.8 Å². The van der Waals surface area contributed by atoms with Crippen molar-refractivity contribution in [3.63, 3.8) is 0 Å². The van der Waals surface area contributed by atoms with Gasteiger partial charge in [-0.3, -0.25) is 19.3 Å². The van der Waals surface area contributed by atoms with E-state index < -0.39 is 11.4 Å². The Bertz CT molecular complexity index is 690. The molecule has 0 spiro atoms. The number of carbonyl (C=O) groups is 4. The average molecular weight is 361 g/mol. The van der Waals surface area contributed by atoms with Gasteiger partial charge in [0, 0.05) is 26.2 Å². The lowest BCUT2D eigenvalue weighted by atomic mass is 9.85. The quantitative estimate of drug-likeness (QED) is 0.553. The van der Waals surface area contributed by atoms with Gasteiger partial charge in [0.15, 0.2) is 0 Å². The predicted octanol–water partition coefficient (Wildman–Crippen LogP) is 0.300. The number of hydrogen-bond acceptors (Lipinski definition) is 4. The number of hydrogen-bond donors (Lipinski definition) is 2. The molecule has 4 aliphatic rings. The molecule has 3 fully saturated rings. The van der Waals surface area contributed by atoms with E-state index >= 15 is 0 Å². The first-order valence-corrected chi connectivity index (χ1v) is 9.11. The van der Waals surface area contributed by atoms with E-state index in [1.807, 2.05) is 0 Å². The molecule has 8 nitrogen and oxygen atoms in total. The molecule has 2 saturated heterocycles. The zero-order valence-electron chi connectivity index (χ0n) is 14.7. The number of nitrogens with one attached hydrogen (secondary N) is 1. The lowest BCUT2D eigenvalue weighted by Gasteiger charge is -2.22. The van der Waals surface area contributed by atoms with Crippen molar-refractivity contribution < 1.29 is 24.3 Å². The van der Waals surface area contributed by atoms with Crippen LogP contribution in [-0.2, 0) is 14.4 Å². The van der Waals surface area contributed by atoms with Crippen molar-refractivity contribution in [1.82, 2.24) is 15.1 Å². The highest BCUT2D eigenvalue weighted by Crippen LogP contribution is 2.52. The molecule has 2 N–H and O–H groups in total. The van der Waals surface area contributed by atoms with Crippen LogP contribution >= 0.6 is 0 Å². The van der Waals surface area contributed by atoms with E-state index in [9.17, 15) is 24.3 Å². The molecular weight excluding hydrogens is 338 g/mol. The third kappa shape index (κ3) is 2.42. The van der Waals surface area contributed by atoms with Crippen LogP contribution in [0.2, 0.25) is 0 Å². The number of fused-ring (bicyclic) bond motifs is 5. The van der Waals surface area contributed by atoms with Crippen molar-refractivity contribution in [3.8, 4) is 0 Å². The van der Waals surface area contributed by atoms with E-state index in [-0.39, 0.29) is 61.2 Å². The molecule has 1 saturated carbocycles. The summed E-state index contributed by atoms with van der Waals surface area (Å²) in [6.45, 7) is 2.52. The van der Waals surface area contributed by atoms with Gasteiger partial charge in [0.1, 0.15) is 0 Å². The minimum Gasteiger partial charge on any atom is -0.481 e. The van der Waals surface area contributed by atoms with Crippen LogP contribution in [0.25, 0.3) is 0 Å². The summed E-state index contributed by atoms with van der Waals surface area (Å²) in [5.74, 6) is -1.22. The van der Waals surface area contributed by atoms with Crippen LogP contribution in [0.3, 0.4) is 0 Å². The minimum atomic E-state index is -0.915. The van der Waals surface area contributed by atoms with Crippen LogP contribution in [0.4, 0.5) is 4.79 Å². The smallest absolute Gasteiger partial charge is 0.317 e. The van der Waals surface area contributed by atoms with Gasteiger partial charge in [-0.15, -0.1) is 0 Å². The molecule has 0 radical (unpaired) electrons. The zero-order valence-corrected chi connectivity index (χ0v) is 14.7. The Kier molecular flexibility index (Phi) is 3.82. The van der Waals surface area contributed by atoms with Gasteiger partial charge in [-0.05, 0) is 31.6 Å². The van der Waals surface area contributed by atoms with Gasteiger partial charge >= 0.3 is 12.0 Å². The summed E-state index contributed by atoms with van der Waals surface area (Å²) in [6, 6.07) is -0.351. The molecule has 4 amide bonds. The van der Waals surface area contributed by atoms with Crippen LogP contribution in [0.1, 0.15) is 19.8 Å². The maximum Gasteiger partial charge on any atom is 0.317 e. The fourth-order valence-electron chi connectivity index (χ4n) is 4.88. The lowest BCUT2D eigenvalue weighted by molar-refractivity contribution is -0.147. The van der Waals surface area contributed by atoms with Gasteiger partial charge in [0.25, 0.3) is 0 Å². The fourth-order valence-corrected chi connectivity index (χ4v) is 4.88. The van der Waals surface area contributed by atoms with Crippen LogP contribution < -0.4 is 5.32 Å². The fraction of sp³-hybridized carbons (Fsp3) is 0.667. The molecule has 2 bridgehead atoms. The molecule has 0 aromatic carbocycles. The molecule has 2 aliphatic carbocycles. The highest BCUT2D eigenvalue weighted by molar-refractivity contribution is 6.06. The summed E-state index contributed by atoms with van der Waals surface area (Å²) in [5.41, 5.74) is -0.915. The van der Waals surface area contributed by atoms with Crippen molar-refractivity contribution >= 4 is 23.8 Å². The standard InChI is InChI=1S/C18H23N3O5/c1-18(16(24)25)4-6-20(9-18)17(26)19-5-7-21-14(22)12-10-2-3-11(8-10)13(12)15(21)23/h2-3,10-13H,4-9H2,1H3,(H,19,26)(H,24,25). The number of amides is 4. The molecule has 0 aromatic rings. The molecule has 2 heterocycles. The number of carboxylic acids is 1. The van der Waals surface area contributed by atoms with Gasteiger partial charge in [-0.1, -0.05) is 12.2 Å². The SMILES string of the molecule is CC1(C(=O)O)CCN(C(=O)NCCN2C(=O)C3C4C=CC(C4)C3C2=O)C1. The van der Waals surface area contributed by atoms with Crippen molar-refractivity contribution in [2.75, 3.05) is 26.2 Å². The maximum absolute atomic E-state index is 12.6. The highest BCUT2D eigenvalue weighted by Gasteiger charge is 2.59. The summed E-state index contributed by atoms with van der Waals surface area (Å²) in [4.78, 5) is 51.4. The van der Waals surface area contributed by atoms with Crippen LogP contribution in [0, 0.1) is 29.1 Å². The first-order valence-electron chi connectivity index (χ1n) is 9.11. The number of urea groups is 1. The van der Waals surface area contributed by atoms with E-state index in [4.69, 9.17) is 0 Å². The Balaban J connectivity index is 1.29. The first-order chi connectivity index (χ1) is 12.3. The second kappa shape index (κ2) is 5.82. The van der Waals surface area contributed by atoms with Crippen molar-refractivity contribution in [3.05, 3.63) is 12.2 Å². The summed E-state index contributed by atoms with van der Waals surface area (Å²) in [5, 5.41) is 11.9. The Morgan fingerprint density at radius 2 is 1.85 bits per heavy atom. The first kappa shape index (κ1) is 17.1. The van der Waals surface area contributed by atoms with E-state index in [1.165, 1.54) is 9.80 Å². The number of allylic oxidation sites excluding steroid dienone is 2. The molecule has 5 atom stereocenters. The number of rotatable bonds is 4. The molecule has 0 aromatic heterocycles. The number of carbonyl (C=O) groups excluding carboxylic acids is 3. The number of imide groups is 1. The van der Waals surface area contributed by atoms with Gasteiger partial charge < -0.3 is 15.3 Å². The molecule has 140 valence electrons. The maximum atomic E-state index is 12.6. The van der Waals surface area contributed by atoms with Crippen LogP contribution in [-0.4, -0.2) is 64.9 Å². The second-order valence-corrected chi connectivity index (χ2v) is 8.10. The summed E-state index contributed by atoms with van der Waals surface area (Å²) < 4.78 is 0. The second-order valence-electron chi connectivity index (χ2n) is 8.10. The number of carboxylic acid groups (broad SMARTS) is 1. The summed E-state index contributed by atoms with van der Waals surface area (Å²) in [7, 11) is 0. The Morgan fingerprint density at radius 1 is 1.23 bits per heavy atom. The largest absolute Gasteiger partial charge is 0.481 e. The minimum absolute atomic E-state index is 0.120. The number of aliphatic carboxylic acids is 1. The average Bonchev–Trinajstić information content (AvgIpc) is 3.34. The Labute approximate surface area is 151 Å². The lowest BCUT2D eigenvalue weighted by Crippen LogP contribution is -2.45. The van der Waals surface area contributed by atoms with Gasteiger partial charge in [0.05, 0.1) is 17.3 Å². The van der Waals surface area contributed by atoms with E-state index in [1.54, 1.807) is 6.92 Å².